The maximum Gasteiger partial charge on any atom is -0.0262 e. The Kier molecular flexibility index (Phi) is 4.79. The van der Waals surface area contributed by atoms with Gasteiger partial charge >= 0.3 is 0 Å². The fourth-order valence-corrected chi connectivity index (χ4v) is 1.80. The van der Waals surface area contributed by atoms with E-state index in [2.05, 4.69) is 51.6 Å². The Morgan fingerprint density at radius 1 is 1.06 bits per heavy atom. The van der Waals surface area contributed by atoms with Crippen LogP contribution in [0, 0.1) is 5.41 Å². The molecule has 0 fully saturated rings. The van der Waals surface area contributed by atoms with E-state index in [0.717, 1.165) is 0 Å². The molecule has 0 aliphatic heterocycles. The van der Waals surface area contributed by atoms with Crippen molar-refractivity contribution >= 4 is 6.08 Å². The molecule has 0 saturated carbocycles. The minimum atomic E-state index is 0.479. The third-order valence-electron chi connectivity index (χ3n) is 2.86. The summed E-state index contributed by atoms with van der Waals surface area (Å²) >= 11 is 0. The van der Waals surface area contributed by atoms with Crippen LogP contribution in [0.25, 0.3) is 6.08 Å². The number of hydrogen-bond acceptors (Lipinski definition) is 0. The van der Waals surface area contributed by atoms with E-state index in [1.54, 1.807) is 0 Å². The van der Waals surface area contributed by atoms with Gasteiger partial charge in [-0.1, -0.05) is 64.1 Å². The maximum atomic E-state index is 3.76. The van der Waals surface area contributed by atoms with Gasteiger partial charge in [0.15, 0.2) is 0 Å². The Morgan fingerprint density at radius 2 is 1.69 bits per heavy atom. The number of hydrogen-bond donors (Lipinski definition) is 0. The van der Waals surface area contributed by atoms with Gasteiger partial charge in [0.2, 0.25) is 0 Å². The van der Waals surface area contributed by atoms with Gasteiger partial charge in [-0.25, -0.2) is 0 Å². The van der Waals surface area contributed by atoms with Crippen molar-refractivity contribution in [1.29, 1.82) is 0 Å². The van der Waals surface area contributed by atoms with E-state index in [9.17, 15) is 0 Å². The molecule has 88 valence electrons. The van der Waals surface area contributed by atoms with Gasteiger partial charge in [-0.15, -0.1) is 0 Å². The summed E-state index contributed by atoms with van der Waals surface area (Å²) in [5, 5.41) is 0. The van der Waals surface area contributed by atoms with Gasteiger partial charge in [-0.05, 0) is 35.8 Å². The second-order valence-corrected chi connectivity index (χ2v) is 5.71. The molecule has 0 saturated heterocycles. The highest BCUT2D eigenvalue weighted by Gasteiger charge is 2.08. The van der Waals surface area contributed by atoms with E-state index in [4.69, 9.17) is 0 Å². The fourth-order valence-electron chi connectivity index (χ4n) is 1.80. The second-order valence-electron chi connectivity index (χ2n) is 5.71. The van der Waals surface area contributed by atoms with Crippen LogP contribution in [0.1, 0.15) is 51.2 Å². The Bertz CT molecular complexity index is 311. The van der Waals surface area contributed by atoms with Crippen LogP contribution in [0.3, 0.4) is 0 Å². The van der Waals surface area contributed by atoms with E-state index >= 15 is 0 Å². The lowest BCUT2D eigenvalue weighted by molar-refractivity contribution is 0.360. The molecule has 0 nitrogen and oxygen atoms in total. The Labute approximate surface area is 100 Å². The standard InChI is InChI=1S/C16H24/c1-5-14-9-11-15(12-10-14)8-6-7-13-16(2,3)4/h5,9-12H,1,6-8,13H2,2-4H3. The lowest BCUT2D eigenvalue weighted by atomic mass is 9.89. The van der Waals surface area contributed by atoms with Gasteiger partial charge in [0.05, 0.1) is 0 Å². The highest BCUT2D eigenvalue weighted by Crippen LogP contribution is 2.22. The topological polar surface area (TPSA) is 0 Å². The van der Waals surface area contributed by atoms with Crippen LogP contribution >= 0.6 is 0 Å². The van der Waals surface area contributed by atoms with Crippen molar-refractivity contribution in [2.24, 2.45) is 5.41 Å². The smallest absolute Gasteiger partial charge is 0.0262 e. The minimum absolute atomic E-state index is 0.479. The van der Waals surface area contributed by atoms with E-state index in [1.165, 1.54) is 36.8 Å². The molecule has 0 amide bonds. The average Bonchev–Trinajstić information content (AvgIpc) is 2.24. The first-order valence-electron chi connectivity index (χ1n) is 6.23. The largest absolute Gasteiger partial charge is 0.0985 e. The lowest BCUT2D eigenvalue weighted by Gasteiger charge is -2.17. The van der Waals surface area contributed by atoms with E-state index in [-0.39, 0.29) is 0 Å². The van der Waals surface area contributed by atoms with Crippen molar-refractivity contribution in [2.75, 3.05) is 0 Å². The van der Waals surface area contributed by atoms with Crippen LogP contribution < -0.4 is 0 Å². The third-order valence-corrected chi connectivity index (χ3v) is 2.86. The van der Waals surface area contributed by atoms with E-state index < -0.39 is 0 Å². The number of unbranched alkanes of at least 4 members (excludes halogenated alkanes) is 1. The minimum Gasteiger partial charge on any atom is -0.0985 e. The molecule has 0 aliphatic carbocycles. The van der Waals surface area contributed by atoms with Crippen LogP contribution in [0.5, 0.6) is 0 Å². The summed E-state index contributed by atoms with van der Waals surface area (Å²) in [5.41, 5.74) is 3.13. The molecule has 0 atom stereocenters. The summed E-state index contributed by atoms with van der Waals surface area (Å²) < 4.78 is 0. The zero-order valence-corrected chi connectivity index (χ0v) is 10.9. The van der Waals surface area contributed by atoms with Gasteiger partial charge in [-0.2, -0.15) is 0 Å². The molecule has 0 N–H and O–H groups in total. The predicted molar refractivity (Wildman–Crippen MR) is 73.5 cm³/mol. The highest BCUT2D eigenvalue weighted by molar-refractivity contribution is 5.47. The van der Waals surface area contributed by atoms with E-state index in [0.29, 0.717) is 5.41 Å². The van der Waals surface area contributed by atoms with Gasteiger partial charge < -0.3 is 0 Å². The summed E-state index contributed by atoms with van der Waals surface area (Å²) in [6.07, 6.45) is 7.03. The van der Waals surface area contributed by atoms with Crippen molar-refractivity contribution in [1.82, 2.24) is 0 Å². The molecule has 0 aliphatic rings. The Balaban J connectivity index is 2.29. The Morgan fingerprint density at radius 3 is 2.19 bits per heavy atom. The molecular formula is C16H24. The first-order chi connectivity index (χ1) is 7.51. The van der Waals surface area contributed by atoms with Crippen LogP contribution in [-0.4, -0.2) is 0 Å². The van der Waals surface area contributed by atoms with Crippen molar-refractivity contribution in [3.63, 3.8) is 0 Å². The summed E-state index contributed by atoms with van der Waals surface area (Å²) in [5.74, 6) is 0. The Hall–Kier alpha value is -1.04. The molecule has 0 heteroatoms. The van der Waals surface area contributed by atoms with Gasteiger partial charge in [-0.3, -0.25) is 0 Å². The first kappa shape index (κ1) is 13.0. The zero-order chi connectivity index (χ0) is 12.0. The molecule has 1 aromatic rings. The fraction of sp³-hybridized carbons (Fsp3) is 0.500. The van der Waals surface area contributed by atoms with Crippen LogP contribution in [0.4, 0.5) is 0 Å². The molecule has 0 heterocycles. The molecule has 0 unspecified atom stereocenters. The average molecular weight is 216 g/mol. The molecule has 0 bridgehead atoms. The SMILES string of the molecule is C=Cc1ccc(CCCCC(C)(C)C)cc1. The highest BCUT2D eigenvalue weighted by atomic mass is 14.1. The molecule has 0 spiro atoms. The predicted octanol–water partition coefficient (Wildman–Crippen LogP) is 5.09. The van der Waals surface area contributed by atoms with Crippen LogP contribution in [0.15, 0.2) is 30.8 Å². The third kappa shape index (κ3) is 5.16. The molecule has 0 aromatic heterocycles. The summed E-state index contributed by atoms with van der Waals surface area (Å²) in [4.78, 5) is 0. The van der Waals surface area contributed by atoms with Crippen molar-refractivity contribution in [3.8, 4) is 0 Å². The number of rotatable bonds is 5. The van der Waals surface area contributed by atoms with Crippen molar-refractivity contribution < 1.29 is 0 Å². The van der Waals surface area contributed by atoms with Gasteiger partial charge in [0, 0.05) is 0 Å². The van der Waals surface area contributed by atoms with Crippen LogP contribution in [-0.2, 0) is 6.42 Å². The second kappa shape index (κ2) is 5.89. The van der Waals surface area contributed by atoms with Crippen LogP contribution in [0.2, 0.25) is 0 Å². The van der Waals surface area contributed by atoms with Gasteiger partial charge in [0.25, 0.3) is 0 Å². The lowest BCUT2D eigenvalue weighted by Crippen LogP contribution is -2.04. The summed E-state index contributed by atoms with van der Waals surface area (Å²) in [6, 6.07) is 8.72. The van der Waals surface area contributed by atoms with E-state index in [1.807, 2.05) is 6.08 Å². The first-order valence-corrected chi connectivity index (χ1v) is 6.23. The molecule has 1 aromatic carbocycles. The van der Waals surface area contributed by atoms with Gasteiger partial charge in [0.1, 0.15) is 0 Å². The molecule has 16 heavy (non-hydrogen) atoms. The number of aryl methyl sites for hydroxylation is 1. The monoisotopic (exact) mass is 216 g/mol. The summed E-state index contributed by atoms with van der Waals surface area (Å²) in [6.45, 7) is 10.7. The molecular weight excluding hydrogens is 192 g/mol. The quantitative estimate of drug-likeness (QED) is 0.601. The normalized spacial score (nSPS) is 11.4. The van der Waals surface area contributed by atoms with Crippen molar-refractivity contribution in [2.45, 2.75) is 46.5 Å². The maximum absolute atomic E-state index is 3.76. The number of benzene rings is 1. The van der Waals surface area contributed by atoms with Crippen molar-refractivity contribution in [3.05, 3.63) is 42.0 Å². The summed E-state index contributed by atoms with van der Waals surface area (Å²) in [7, 11) is 0. The zero-order valence-electron chi connectivity index (χ0n) is 10.9. The molecule has 0 radical (unpaired) electrons. The molecule has 1 rings (SSSR count).